The van der Waals surface area contributed by atoms with Crippen LogP contribution in [0, 0.1) is 10.1 Å². The van der Waals surface area contributed by atoms with E-state index in [9.17, 15) is 15.3 Å². The lowest BCUT2D eigenvalue weighted by Crippen LogP contribution is -2.49. The molecule has 1 aliphatic heterocycles. The molecule has 0 saturated carbocycles. The van der Waals surface area contributed by atoms with Gasteiger partial charge in [-0.3, -0.25) is 10.1 Å². The zero-order valence-electron chi connectivity index (χ0n) is 12.6. The molecule has 0 atom stereocenters. The lowest BCUT2D eigenvalue weighted by atomic mass is 10.2. The summed E-state index contributed by atoms with van der Waals surface area (Å²) in [6, 6.07) is 6.39. The highest BCUT2D eigenvalue weighted by atomic mass is 16.6. The summed E-state index contributed by atoms with van der Waals surface area (Å²) in [5.74, 6) is 0.262. The third-order valence-corrected chi connectivity index (χ3v) is 3.83. The minimum atomic E-state index is -0.429. The van der Waals surface area contributed by atoms with Crippen LogP contribution in [0.15, 0.2) is 34.1 Å². The maximum absolute atomic E-state index is 10.7. The number of amidine groups is 1. The topological polar surface area (TPSA) is 147 Å². The van der Waals surface area contributed by atoms with Gasteiger partial charge < -0.3 is 20.7 Å². The van der Waals surface area contributed by atoms with Gasteiger partial charge in [0.05, 0.1) is 4.92 Å². The van der Waals surface area contributed by atoms with Gasteiger partial charge in [-0.15, -0.1) is 0 Å². The third kappa shape index (κ3) is 2.91. The molecule has 2 aromatic rings. The van der Waals surface area contributed by atoms with Gasteiger partial charge in [-0.2, -0.15) is 0 Å². The Kier molecular flexibility index (Phi) is 4.14. The van der Waals surface area contributed by atoms with Crippen LogP contribution in [0.2, 0.25) is 0 Å². The van der Waals surface area contributed by atoms with Gasteiger partial charge in [0, 0.05) is 44.0 Å². The molecule has 0 radical (unpaired) electrons. The van der Waals surface area contributed by atoms with Crippen LogP contribution < -0.4 is 10.6 Å². The Labute approximate surface area is 136 Å². The molecule has 0 unspecified atom stereocenters. The second-order valence-corrected chi connectivity index (χ2v) is 5.17. The van der Waals surface area contributed by atoms with Crippen molar-refractivity contribution in [1.82, 2.24) is 15.2 Å². The Morgan fingerprint density at radius 1 is 1.25 bits per heavy atom. The van der Waals surface area contributed by atoms with Gasteiger partial charge in [-0.25, -0.2) is 4.63 Å². The van der Waals surface area contributed by atoms with Crippen LogP contribution in [0.3, 0.4) is 0 Å². The summed E-state index contributed by atoms with van der Waals surface area (Å²) < 4.78 is 4.53. The number of non-ortho nitro benzene ring substituents is 1. The highest BCUT2D eigenvalue weighted by Crippen LogP contribution is 2.21. The fraction of sp³-hybridized carbons (Fsp3) is 0.308. The molecule has 11 heteroatoms. The Balaban J connectivity index is 1.67. The number of oxime groups is 1. The summed E-state index contributed by atoms with van der Waals surface area (Å²) in [4.78, 5) is 14.2. The van der Waals surface area contributed by atoms with Crippen LogP contribution in [-0.4, -0.2) is 57.4 Å². The van der Waals surface area contributed by atoms with Crippen LogP contribution in [0.1, 0.15) is 5.69 Å². The van der Waals surface area contributed by atoms with Crippen molar-refractivity contribution in [3.8, 4) is 0 Å². The van der Waals surface area contributed by atoms with Gasteiger partial charge in [0.1, 0.15) is 0 Å². The first-order valence-electron chi connectivity index (χ1n) is 7.15. The minimum absolute atomic E-state index is 0.0561. The maximum Gasteiger partial charge on any atom is 0.269 e. The number of piperazine rings is 1. The number of rotatable bonds is 3. The minimum Gasteiger partial charge on any atom is -0.409 e. The van der Waals surface area contributed by atoms with E-state index in [4.69, 9.17) is 5.73 Å². The molecule has 0 amide bonds. The molecule has 24 heavy (non-hydrogen) atoms. The molecule has 1 fully saturated rings. The third-order valence-electron chi connectivity index (χ3n) is 3.83. The summed E-state index contributed by atoms with van der Waals surface area (Å²) in [5, 5.41) is 30.3. The quantitative estimate of drug-likeness (QED) is 0.269. The normalized spacial score (nSPS) is 15.6. The van der Waals surface area contributed by atoms with Crippen molar-refractivity contribution >= 4 is 23.0 Å². The van der Waals surface area contributed by atoms with Crippen LogP contribution in [-0.2, 0) is 0 Å². The van der Waals surface area contributed by atoms with E-state index in [1.807, 2.05) is 4.90 Å². The molecule has 1 aromatic carbocycles. The summed E-state index contributed by atoms with van der Waals surface area (Å²) in [5.41, 5.74) is 6.78. The number of anilines is 2. The largest absolute Gasteiger partial charge is 0.409 e. The van der Waals surface area contributed by atoms with Crippen molar-refractivity contribution in [3.63, 3.8) is 0 Å². The molecule has 3 N–H and O–H groups in total. The van der Waals surface area contributed by atoms with Gasteiger partial charge >= 0.3 is 0 Å². The van der Waals surface area contributed by atoms with E-state index in [1.54, 1.807) is 12.1 Å². The monoisotopic (exact) mass is 333 g/mol. The summed E-state index contributed by atoms with van der Waals surface area (Å²) in [6.45, 7) is 2.40. The number of nitro groups is 1. The molecule has 3 rings (SSSR count). The second kappa shape index (κ2) is 6.40. The lowest BCUT2D eigenvalue weighted by Gasteiger charge is -2.36. The summed E-state index contributed by atoms with van der Waals surface area (Å²) in [6.07, 6.45) is 0. The Hall–Kier alpha value is -3.37. The molecule has 1 aromatic heterocycles. The number of nitrogen functional groups attached to an aromatic ring is 1. The number of benzene rings is 1. The first-order chi connectivity index (χ1) is 11.6. The van der Waals surface area contributed by atoms with E-state index in [2.05, 4.69) is 25.0 Å². The lowest BCUT2D eigenvalue weighted by molar-refractivity contribution is -0.384. The van der Waals surface area contributed by atoms with E-state index in [0.717, 1.165) is 5.69 Å². The predicted molar refractivity (Wildman–Crippen MR) is 83.9 cm³/mol. The number of nitro benzene ring substituents is 1. The Bertz CT molecular complexity index is 750. The van der Waals surface area contributed by atoms with Crippen LogP contribution in [0.25, 0.3) is 0 Å². The number of nitrogens with two attached hydrogens (primary N) is 1. The first kappa shape index (κ1) is 15.5. The molecule has 0 bridgehead atoms. The molecule has 1 aliphatic rings. The highest BCUT2D eigenvalue weighted by Gasteiger charge is 2.25. The maximum atomic E-state index is 10.7. The molecule has 126 valence electrons. The highest BCUT2D eigenvalue weighted by molar-refractivity contribution is 6.00. The zero-order chi connectivity index (χ0) is 17.1. The van der Waals surface area contributed by atoms with E-state index in [1.165, 1.54) is 12.1 Å². The fourth-order valence-electron chi connectivity index (χ4n) is 2.57. The molecule has 2 heterocycles. The van der Waals surface area contributed by atoms with E-state index in [-0.39, 0.29) is 23.0 Å². The van der Waals surface area contributed by atoms with Gasteiger partial charge in [-0.05, 0) is 22.4 Å². The van der Waals surface area contributed by atoms with Gasteiger partial charge in [0.25, 0.3) is 5.69 Å². The van der Waals surface area contributed by atoms with Crippen LogP contribution in [0.5, 0.6) is 0 Å². The molecule has 1 saturated heterocycles. The number of aromatic nitrogens is 2. The van der Waals surface area contributed by atoms with E-state index >= 15 is 0 Å². The van der Waals surface area contributed by atoms with Crippen molar-refractivity contribution in [3.05, 3.63) is 40.1 Å². The SMILES string of the molecule is Nc1nonc1/C(=N\O)N1CCN(c2ccc([N+](=O)[O-])cc2)CC1. The Morgan fingerprint density at radius 2 is 1.92 bits per heavy atom. The van der Waals surface area contributed by atoms with Crippen molar-refractivity contribution in [1.29, 1.82) is 0 Å². The number of nitrogens with zero attached hydrogens (tertiary/aromatic N) is 6. The molecule has 0 aliphatic carbocycles. The van der Waals surface area contributed by atoms with Crippen molar-refractivity contribution in [2.75, 3.05) is 36.8 Å². The standard InChI is InChI=1S/C13H15N7O4/c14-12-11(16-24-17-12)13(15-21)19-7-5-18(6-8-19)9-1-3-10(4-2-9)20(22)23/h1-4,21H,5-8H2,(H2,14,17)/b15-13+. The fourth-order valence-corrected chi connectivity index (χ4v) is 2.57. The predicted octanol–water partition coefficient (Wildman–Crippen LogP) is 0.518. The first-order valence-corrected chi connectivity index (χ1v) is 7.15. The average molecular weight is 333 g/mol. The zero-order valence-corrected chi connectivity index (χ0v) is 12.6. The molecule has 0 spiro atoms. The molecular weight excluding hydrogens is 318 g/mol. The van der Waals surface area contributed by atoms with E-state index < -0.39 is 4.92 Å². The second-order valence-electron chi connectivity index (χ2n) is 5.17. The summed E-state index contributed by atoms with van der Waals surface area (Å²) >= 11 is 0. The van der Waals surface area contributed by atoms with Gasteiger partial charge in [0.15, 0.2) is 11.5 Å². The summed E-state index contributed by atoms with van der Waals surface area (Å²) in [7, 11) is 0. The smallest absolute Gasteiger partial charge is 0.269 e. The number of hydrogen-bond acceptors (Lipinski definition) is 9. The van der Waals surface area contributed by atoms with Crippen LogP contribution in [0.4, 0.5) is 17.2 Å². The van der Waals surface area contributed by atoms with Crippen LogP contribution >= 0.6 is 0 Å². The number of hydrogen-bond donors (Lipinski definition) is 2. The van der Waals surface area contributed by atoms with Crippen molar-refractivity contribution in [2.24, 2.45) is 5.16 Å². The van der Waals surface area contributed by atoms with Crippen molar-refractivity contribution < 1.29 is 14.8 Å². The van der Waals surface area contributed by atoms with Gasteiger partial charge in [0.2, 0.25) is 5.84 Å². The van der Waals surface area contributed by atoms with Crippen molar-refractivity contribution in [2.45, 2.75) is 0 Å². The molecule has 11 nitrogen and oxygen atoms in total. The van der Waals surface area contributed by atoms with E-state index in [0.29, 0.717) is 26.2 Å². The Morgan fingerprint density at radius 3 is 2.42 bits per heavy atom. The molecular formula is C13H15N7O4. The van der Waals surface area contributed by atoms with Gasteiger partial charge in [-0.1, -0.05) is 5.16 Å². The average Bonchev–Trinajstić information content (AvgIpc) is 3.02.